The number of ether oxygens (including phenoxy) is 2. The first-order chi connectivity index (χ1) is 12.9. The van der Waals surface area contributed by atoms with Gasteiger partial charge in [-0.3, -0.25) is 10.1 Å². The van der Waals surface area contributed by atoms with E-state index < -0.39 is 0 Å². The van der Waals surface area contributed by atoms with Gasteiger partial charge in [-0.25, -0.2) is 4.98 Å². The molecular formula is C17H13BrClN3O3S2. The molecule has 0 aliphatic heterocycles. The molecule has 0 saturated heterocycles. The van der Waals surface area contributed by atoms with E-state index in [4.69, 9.17) is 33.3 Å². The van der Waals surface area contributed by atoms with Crippen LogP contribution in [0.25, 0.3) is 10.2 Å². The summed E-state index contributed by atoms with van der Waals surface area (Å²) in [6, 6.07) is 8.52. The van der Waals surface area contributed by atoms with Crippen molar-refractivity contribution in [3.63, 3.8) is 0 Å². The number of methoxy groups -OCH3 is 2. The Morgan fingerprint density at radius 1 is 1.22 bits per heavy atom. The second-order valence-electron chi connectivity index (χ2n) is 5.23. The number of carbonyl (C=O) groups is 1. The van der Waals surface area contributed by atoms with Crippen LogP contribution in [0.3, 0.4) is 0 Å². The predicted molar refractivity (Wildman–Crippen MR) is 116 cm³/mol. The molecule has 140 valence electrons. The quantitative estimate of drug-likeness (QED) is 0.513. The van der Waals surface area contributed by atoms with Crippen molar-refractivity contribution in [1.82, 2.24) is 10.3 Å². The SMILES string of the molecule is COc1cc2sc(NC(=S)NC(=O)c3ccc(OC)c(Br)c3)nc2cc1Cl. The Morgan fingerprint density at radius 2 is 1.96 bits per heavy atom. The maximum atomic E-state index is 12.3. The van der Waals surface area contributed by atoms with Crippen molar-refractivity contribution in [2.24, 2.45) is 0 Å². The van der Waals surface area contributed by atoms with Crippen LogP contribution in [0.1, 0.15) is 10.4 Å². The van der Waals surface area contributed by atoms with E-state index in [1.165, 1.54) is 11.3 Å². The molecule has 1 aromatic heterocycles. The maximum Gasteiger partial charge on any atom is 0.257 e. The van der Waals surface area contributed by atoms with Gasteiger partial charge in [0.2, 0.25) is 0 Å². The third-order valence-electron chi connectivity index (χ3n) is 3.52. The lowest BCUT2D eigenvalue weighted by molar-refractivity contribution is 0.0977. The topological polar surface area (TPSA) is 72.5 Å². The van der Waals surface area contributed by atoms with Gasteiger partial charge >= 0.3 is 0 Å². The standard InChI is InChI=1S/C17H13BrClN3O3S2/c1-24-12-4-3-8(5-9(12)18)15(23)21-16(26)22-17-20-11-6-10(19)13(25-2)7-14(11)27-17/h3-7H,1-2H3,(H2,20,21,22,23,26). The monoisotopic (exact) mass is 485 g/mol. The molecule has 0 saturated carbocycles. The molecule has 0 spiro atoms. The van der Waals surface area contributed by atoms with Crippen molar-refractivity contribution in [3.8, 4) is 11.5 Å². The van der Waals surface area contributed by atoms with Crippen LogP contribution >= 0.6 is 51.1 Å². The van der Waals surface area contributed by atoms with Gasteiger partial charge in [-0.05, 0) is 52.4 Å². The van der Waals surface area contributed by atoms with E-state index in [-0.39, 0.29) is 11.0 Å². The van der Waals surface area contributed by atoms with Crippen molar-refractivity contribution in [1.29, 1.82) is 0 Å². The normalized spacial score (nSPS) is 10.5. The van der Waals surface area contributed by atoms with E-state index in [0.717, 1.165) is 4.70 Å². The number of hydrogen-bond donors (Lipinski definition) is 2. The summed E-state index contributed by atoms with van der Waals surface area (Å²) in [5.74, 6) is 0.859. The first-order valence-corrected chi connectivity index (χ1v) is 9.90. The average Bonchev–Trinajstić information content (AvgIpc) is 3.01. The summed E-state index contributed by atoms with van der Waals surface area (Å²) < 4.78 is 11.9. The zero-order valence-electron chi connectivity index (χ0n) is 14.1. The molecule has 0 bridgehead atoms. The number of rotatable bonds is 4. The first-order valence-electron chi connectivity index (χ1n) is 7.51. The van der Waals surface area contributed by atoms with Gasteiger partial charge in [0.1, 0.15) is 11.5 Å². The minimum absolute atomic E-state index is 0.143. The van der Waals surface area contributed by atoms with Crippen molar-refractivity contribution in [2.45, 2.75) is 0 Å². The smallest absolute Gasteiger partial charge is 0.257 e. The summed E-state index contributed by atoms with van der Waals surface area (Å²) in [4.78, 5) is 16.8. The minimum Gasteiger partial charge on any atom is -0.496 e. The van der Waals surface area contributed by atoms with E-state index in [1.807, 2.05) is 0 Å². The molecule has 2 N–H and O–H groups in total. The molecule has 0 radical (unpaired) electrons. The summed E-state index contributed by atoms with van der Waals surface area (Å²) in [5.41, 5.74) is 1.15. The highest BCUT2D eigenvalue weighted by molar-refractivity contribution is 9.10. The second-order valence-corrected chi connectivity index (χ2v) is 7.93. The van der Waals surface area contributed by atoms with Gasteiger partial charge in [-0.2, -0.15) is 0 Å². The number of thiocarbonyl (C=S) groups is 1. The predicted octanol–water partition coefficient (Wildman–Crippen LogP) is 4.86. The summed E-state index contributed by atoms with van der Waals surface area (Å²) in [6.45, 7) is 0. The van der Waals surface area contributed by atoms with Crippen LogP contribution in [0.2, 0.25) is 5.02 Å². The molecule has 1 heterocycles. The molecule has 3 rings (SSSR count). The number of amides is 1. The number of anilines is 1. The highest BCUT2D eigenvalue weighted by Crippen LogP contribution is 2.34. The lowest BCUT2D eigenvalue weighted by Crippen LogP contribution is -2.34. The summed E-state index contributed by atoms with van der Waals surface area (Å²) in [5, 5.41) is 6.69. The maximum absolute atomic E-state index is 12.3. The van der Waals surface area contributed by atoms with Crippen molar-refractivity contribution in [3.05, 3.63) is 45.4 Å². The third kappa shape index (κ3) is 4.49. The van der Waals surface area contributed by atoms with Crippen LogP contribution < -0.4 is 20.1 Å². The van der Waals surface area contributed by atoms with Gasteiger partial charge in [0.15, 0.2) is 10.2 Å². The van der Waals surface area contributed by atoms with Gasteiger partial charge in [-0.1, -0.05) is 22.9 Å². The van der Waals surface area contributed by atoms with E-state index >= 15 is 0 Å². The molecule has 27 heavy (non-hydrogen) atoms. The van der Waals surface area contributed by atoms with Gasteiger partial charge in [-0.15, -0.1) is 0 Å². The van der Waals surface area contributed by atoms with Crippen LogP contribution in [0, 0.1) is 0 Å². The van der Waals surface area contributed by atoms with Gasteiger partial charge in [0.05, 0.1) is 33.9 Å². The Morgan fingerprint density at radius 3 is 2.63 bits per heavy atom. The third-order valence-corrected chi connectivity index (χ3v) is 5.58. The van der Waals surface area contributed by atoms with Crippen LogP contribution in [0.4, 0.5) is 5.13 Å². The van der Waals surface area contributed by atoms with Crippen molar-refractivity contribution in [2.75, 3.05) is 19.5 Å². The van der Waals surface area contributed by atoms with E-state index in [0.29, 0.717) is 37.2 Å². The fourth-order valence-electron chi connectivity index (χ4n) is 2.25. The average molecular weight is 487 g/mol. The number of hydrogen-bond acceptors (Lipinski definition) is 6. The molecule has 2 aromatic carbocycles. The highest BCUT2D eigenvalue weighted by atomic mass is 79.9. The molecule has 0 aliphatic carbocycles. The number of benzene rings is 2. The molecule has 0 fully saturated rings. The molecule has 3 aromatic rings. The Hall–Kier alpha value is -1.94. The number of thiazole rings is 1. The molecule has 1 amide bonds. The first kappa shape index (κ1) is 19.8. The summed E-state index contributed by atoms with van der Waals surface area (Å²) in [6.07, 6.45) is 0. The number of fused-ring (bicyclic) bond motifs is 1. The second kappa shape index (κ2) is 8.39. The molecular weight excluding hydrogens is 474 g/mol. The Balaban J connectivity index is 1.71. The summed E-state index contributed by atoms with van der Waals surface area (Å²) >= 11 is 16.0. The van der Waals surface area contributed by atoms with E-state index in [2.05, 4.69) is 31.5 Å². The van der Waals surface area contributed by atoms with Gasteiger partial charge in [0, 0.05) is 11.6 Å². The fourth-order valence-corrected chi connectivity index (χ4v) is 4.16. The molecule has 10 heteroatoms. The lowest BCUT2D eigenvalue weighted by atomic mass is 10.2. The highest BCUT2D eigenvalue weighted by Gasteiger charge is 2.13. The van der Waals surface area contributed by atoms with E-state index in [9.17, 15) is 4.79 Å². The number of halogens is 2. The van der Waals surface area contributed by atoms with E-state index in [1.54, 1.807) is 44.6 Å². The number of nitrogens with one attached hydrogen (secondary N) is 2. The number of aromatic nitrogens is 1. The number of nitrogens with zero attached hydrogens (tertiary/aromatic N) is 1. The van der Waals surface area contributed by atoms with Crippen molar-refractivity contribution >= 4 is 77.5 Å². The fraction of sp³-hybridized carbons (Fsp3) is 0.118. The molecule has 0 unspecified atom stereocenters. The van der Waals surface area contributed by atoms with Crippen LogP contribution in [0.5, 0.6) is 11.5 Å². The Labute approximate surface area is 178 Å². The zero-order chi connectivity index (χ0) is 19.6. The largest absolute Gasteiger partial charge is 0.496 e. The van der Waals surface area contributed by atoms with Crippen molar-refractivity contribution < 1.29 is 14.3 Å². The Kier molecular flexibility index (Phi) is 6.15. The lowest BCUT2D eigenvalue weighted by Gasteiger charge is -2.08. The van der Waals surface area contributed by atoms with Crippen LogP contribution in [-0.4, -0.2) is 30.2 Å². The van der Waals surface area contributed by atoms with Gasteiger partial charge in [0.25, 0.3) is 5.91 Å². The minimum atomic E-state index is -0.346. The summed E-state index contributed by atoms with van der Waals surface area (Å²) in [7, 11) is 3.11. The molecule has 6 nitrogen and oxygen atoms in total. The molecule has 0 aliphatic rings. The Bertz CT molecular complexity index is 1040. The number of carbonyl (C=O) groups excluding carboxylic acids is 1. The van der Waals surface area contributed by atoms with Gasteiger partial charge < -0.3 is 14.8 Å². The van der Waals surface area contributed by atoms with Crippen LogP contribution in [0.15, 0.2) is 34.8 Å². The zero-order valence-corrected chi connectivity index (χ0v) is 18.1. The molecule has 0 atom stereocenters. The van der Waals surface area contributed by atoms with Crippen LogP contribution in [-0.2, 0) is 0 Å².